The van der Waals surface area contributed by atoms with Gasteiger partial charge in [-0.15, -0.1) is 0 Å². The molecule has 0 heterocycles. The highest BCUT2D eigenvalue weighted by Crippen LogP contribution is 2.29. The van der Waals surface area contributed by atoms with Crippen molar-refractivity contribution in [2.75, 3.05) is 12.4 Å². The van der Waals surface area contributed by atoms with E-state index in [9.17, 15) is 0 Å². The largest absolute Gasteiger partial charge is 0.495 e. The summed E-state index contributed by atoms with van der Waals surface area (Å²) in [5.74, 6) is 0.682. The van der Waals surface area contributed by atoms with E-state index in [1.807, 2.05) is 18.2 Å². The van der Waals surface area contributed by atoms with Crippen molar-refractivity contribution in [3.05, 3.63) is 56.6 Å². The zero-order valence-electron chi connectivity index (χ0n) is 10.8. The number of methoxy groups -OCH3 is 1. The summed E-state index contributed by atoms with van der Waals surface area (Å²) < 4.78 is 6.45. The van der Waals surface area contributed by atoms with E-state index < -0.39 is 0 Å². The monoisotopic (exact) mass is 387 g/mol. The van der Waals surface area contributed by atoms with Crippen molar-refractivity contribution < 1.29 is 4.74 Å². The molecule has 0 aliphatic carbocycles. The quantitative estimate of drug-likeness (QED) is 0.735. The highest BCUT2D eigenvalue weighted by atomic mass is 127. The van der Waals surface area contributed by atoms with E-state index in [0.29, 0.717) is 10.8 Å². The zero-order valence-corrected chi connectivity index (χ0v) is 13.7. The van der Waals surface area contributed by atoms with Gasteiger partial charge >= 0.3 is 0 Å². The molecule has 100 valence electrons. The van der Waals surface area contributed by atoms with E-state index in [-0.39, 0.29) is 6.04 Å². The molecule has 4 heteroatoms. The second-order valence-electron chi connectivity index (χ2n) is 4.27. The molecule has 19 heavy (non-hydrogen) atoms. The van der Waals surface area contributed by atoms with Crippen molar-refractivity contribution in [2.24, 2.45) is 0 Å². The van der Waals surface area contributed by atoms with E-state index in [4.69, 9.17) is 16.3 Å². The summed E-state index contributed by atoms with van der Waals surface area (Å²) in [5.41, 5.74) is 2.24. The molecule has 2 rings (SSSR count). The molecule has 1 atom stereocenters. The van der Waals surface area contributed by atoms with Crippen molar-refractivity contribution in [1.29, 1.82) is 0 Å². The van der Waals surface area contributed by atoms with Crippen LogP contribution in [0, 0.1) is 3.57 Å². The van der Waals surface area contributed by atoms with Gasteiger partial charge in [-0.3, -0.25) is 0 Å². The van der Waals surface area contributed by atoms with Crippen LogP contribution in [-0.2, 0) is 0 Å². The maximum absolute atomic E-state index is 6.01. The Kier molecular flexibility index (Phi) is 4.93. The van der Waals surface area contributed by atoms with Crippen LogP contribution in [0.25, 0.3) is 0 Å². The summed E-state index contributed by atoms with van der Waals surface area (Å²) in [6.07, 6.45) is 0. The van der Waals surface area contributed by atoms with E-state index in [0.717, 1.165) is 5.69 Å². The van der Waals surface area contributed by atoms with Gasteiger partial charge in [0.15, 0.2) is 0 Å². The maximum Gasteiger partial charge on any atom is 0.139 e. The van der Waals surface area contributed by atoms with Crippen LogP contribution >= 0.6 is 34.2 Å². The fourth-order valence-electron chi connectivity index (χ4n) is 1.83. The highest BCUT2D eigenvalue weighted by molar-refractivity contribution is 14.1. The van der Waals surface area contributed by atoms with Gasteiger partial charge in [0.1, 0.15) is 5.75 Å². The fraction of sp³-hybridized carbons (Fsp3) is 0.200. The van der Waals surface area contributed by atoms with Gasteiger partial charge in [0, 0.05) is 21.4 Å². The first-order chi connectivity index (χ1) is 9.10. The number of halogens is 2. The van der Waals surface area contributed by atoms with Gasteiger partial charge in [-0.05, 0) is 59.3 Å². The normalized spacial score (nSPS) is 12.0. The number of anilines is 1. The molecule has 1 N–H and O–H groups in total. The van der Waals surface area contributed by atoms with Gasteiger partial charge in [-0.1, -0.05) is 23.7 Å². The van der Waals surface area contributed by atoms with Gasteiger partial charge in [0.05, 0.1) is 12.1 Å². The smallest absolute Gasteiger partial charge is 0.139 e. The van der Waals surface area contributed by atoms with E-state index in [2.05, 4.69) is 59.1 Å². The Morgan fingerprint density at radius 1 is 1.16 bits per heavy atom. The third-order valence-corrected chi connectivity index (χ3v) is 3.94. The maximum atomic E-state index is 6.01. The topological polar surface area (TPSA) is 21.3 Å². The van der Waals surface area contributed by atoms with Gasteiger partial charge in [-0.25, -0.2) is 0 Å². The number of nitrogens with one attached hydrogen (secondary N) is 1. The third-order valence-electron chi connectivity index (χ3n) is 2.90. The lowest BCUT2D eigenvalue weighted by Crippen LogP contribution is -2.06. The van der Waals surface area contributed by atoms with Gasteiger partial charge < -0.3 is 10.1 Å². The summed E-state index contributed by atoms with van der Waals surface area (Å²) in [4.78, 5) is 0. The number of ether oxygens (including phenoxy) is 1. The van der Waals surface area contributed by atoms with Crippen molar-refractivity contribution in [3.63, 3.8) is 0 Å². The van der Waals surface area contributed by atoms with Gasteiger partial charge in [-0.2, -0.15) is 0 Å². The van der Waals surface area contributed by atoms with Gasteiger partial charge in [0.2, 0.25) is 0 Å². The van der Waals surface area contributed by atoms with Crippen molar-refractivity contribution in [3.8, 4) is 5.75 Å². The Labute approximate surface area is 132 Å². The average molecular weight is 388 g/mol. The molecule has 1 unspecified atom stereocenters. The molecule has 0 saturated carbocycles. The van der Waals surface area contributed by atoms with E-state index >= 15 is 0 Å². The van der Waals surface area contributed by atoms with E-state index in [1.54, 1.807) is 7.11 Å². The Hall–Kier alpha value is -0.940. The lowest BCUT2D eigenvalue weighted by atomic mass is 10.1. The molecule has 0 fully saturated rings. The molecular formula is C15H15ClINO. The number of hydrogen-bond acceptors (Lipinski definition) is 2. The molecule has 0 bridgehead atoms. The van der Waals surface area contributed by atoms with Crippen molar-refractivity contribution >= 4 is 39.9 Å². The average Bonchev–Trinajstić information content (AvgIpc) is 2.41. The lowest BCUT2D eigenvalue weighted by Gasteiger charge is -2.16. The predicted molar refractivity (Wildman–Crippen MR) is 89.2 cm³/mol. The first-order valence-electron chi connectivity index (χ1n) is 5.95. The molecule has 0 saturated heterocycles. The Balaban J connectivity index is 2.14. The minimum atomic E-state index is 0.225. The fourth-order valence-corrected chi connectivity index (χ4v) is 2.39. The summed E-state index contributed by atoms with van der Waals surface area (Å²) in [7, 11) is 1.62. The SMILES string of the molecule is COc1cc(NC(C)c2ccc(I)cc2)ccc1Cl. The summed E-state index contributed by atoms with van der Waals surface area (Å²) in [5, 5.41) is 4.06. The van der Waals surface area contributed by atoms with E-state index in [1.165, 1.54) is 9.13 Å². The van der Waals surface area contributed by atoms with Crippen LogP contribution in [0.4, 0.5) is 5.69 Å². The minimum Gasteiger partial charge on any atom is -0.495 e. The van der Waals surface area contributed by atoms with Crippen LogP contribution in [0.5, 0.6) is 5.75 Å². The van der Waals surface area contributed by atoms with Crippen LogP contribution in [0.15, 0.2) is 42.5 Å². The summed E-state index contributed by atoms with van der Waals surface area (Å²) in [6.45, 7) is 2.13. The molecule has 2 aromatic rings. The molecule has 2 nitrogen and oxygen atoms in total. The van der Waals surface area contributed by atoms with Crippen molar-refractivity contribution in [1.82, 2.24) is 0 Å². The molecule has 0 spiro atoms. The number of rotatable bonds is 4. The minimum absolute atomic E-state index is 0.225. The molecule has 0 aliphatic heterocycles. The Bertz CT molecular complexity index is 557. The van der Waals surface area contributed by atoms with Crippen LogP contribution in [-0.4, -0.2) is 7.11 Å². The van der Waals surface area contributed by atoms with Gasteiger partial charge in [0.25, 0.3) is 0 Å². The first kappa shape index (κ1) is 14.5. The molecular weight excluding hydrogens is 373 g/mol. The summed E-state index contributed by atoms with van der Waals surface area (Å²) >= 11 is 8.32. The van der Waals surface area contributed by atoms with Crippen molar-refractivity contribution in [2.45, 2.75) is 13.0 Å². The second-order valence-corrected chi connectivity index (χ2v) is 5.92. The van der Waals surface area contributed by atoms with Crippen LogP contribution < -0.4 is 10.1 Å². The Morgan fingerprint density at radius 2 is 1.84 bits per heavy atom. The third kappa shape index (κ3) is 3.76. The van der Waals surface area contributed by atoms with Crippen LogP contribution in [0.1, 0.15) is 18.5 Å². The molecule has 2 aromatic carbocycles. The summed E-state index contributed by atoms with van der Waals surface area (Å²) in [6, 6.07) is 14.4. The first-order valence-corrected chi connectivity index (χ1v) is 7.41. The lowest BCUT2D eigenvalue weighted by molar-refractivity contribution is 0.415. The standard InChI is InChI=1S/C15H15ClINO/c1-10(11-3-5-12(17)6-4-11)18-13-7-8-14(16)15(9-13)19-2/h3-10,18H,1-2H3. The molecule has 0 aromatic heterocycles. The molecule has 0 amide bonds. The molecule has 0 aliphatic rings. The highest BCUT2D eigenvalue weighted by Gasteiger charge is 2.07. The second kappa shape index (κ2) is 6.48. The Morgan fingerprint density at radius 3 is 2.47 bits per heavy atom. The van der Waals surface area contributed by atoms with Crippen LogP contribution in [0.2, 0.25) is 5.02 Å². The predicted octanol–water partition coefficient (Wildman–Crippen LogP) is 5.13. The number of benzene rings is 2. The zero-order chi connectivity index (χ0) is 13.8. The molecule has 0 radical (unpaired) electrons. The number of hydrogen-bond donors (Lipinski definition) is 1. The van der Waals surface area contributed by atoms with Crippen LogP contribution in [0.3, 0.4) is 0 Å².